The van der Waals surface area contributed by atoms with Crippen LogP contribution >= 0.6 is 0 Å². The molecule has 2 amide bonds. The zero-order valence-electron chi connectivity index (χ0n) is 11.2. The highest BCUT2D eigenvalue weighted by atomic mass is 16.2. The third-order valence-corrected chi connectivity index (χ3v) is 3.28. The van der Waals surface area contributed by atoms with Crippen molar-refractivity contribution in [2.75, 3.05) is 18.9 Å². The number of aryl methyl sites for hydroxylation is 1. The molecule has 0 saturated carbocycles. The third kappa shape index (κ3) is 3.05. The van der Waals surface area contributed by atoms with E-state index in [0.717, 1.165) is 17.7 Å². The fourth-order valence-corrected chi connectivity index (χ4v) is 2.21. The fourth-order valence-electron chi connectivity index (χ4n) is 2.21. The highest BCUT2D eigenvalue weighted by molar-refractivity contribution is 6.02. The van der Waals surface area contributed by atoms with E-state index in [0.29, 0.717) is 18.5 Å². The maximum atomic E-state index is 12.3. The average molecular weight is 261 g/mol. The van der Waals surface area contributed by atoms with Crippen LogP contribution in [0, 0.1) is 6.92 Å². The molecule has 1 atom stereocenters. The molecule has 2 rings (SSSR count). The van der Waals surface area contributed by atoms with Crippen molar-refractivity contribution in [2.45, 2.75) is 25.8 Å². The summed E-state index contributed by atoms with van der Waals surface area (Å²) in [6.45, 7) is 2.63. The van der Waals surface area contributed by atoms with E-state index >= 15 is 0 Å². The second-order valence-electron chi connectivity index (χ2n) is 4.76. The van der Waals surface area contributed by atoms with Gasteiger partial charge in [-0.15, -0.1) is 0 Å². The van der Waals surface area contributed by atoms with Crippen molar-refractivity contribution < 1.29 is 9.59 Å². The van der Waals surface area contributed by atoms with E-state index < -0.39 is 6.04 Å². The van der Waals surface area contributed by atoms with Crippen LogP contribution in [0.1, 0.15) is 28.8 Å². The van der Waals surface area contributed by atoms with Gasteiger partial charge >= 0.3 is 0 Å². The number of carbonyl (C=O) groups is 2. The Morgan fingerprint density at radius 2 is 2.21 bits per heavy atom. The van der Waals surface area contributed by atoms with Gasteiger partial charge in [0.2, 0.25) is 5.91 Å². The smallest absolute Gasteiger partial charge is 0.254 e. The number of rotatable bonds is 3. The number of carbonyl (C=O) groups excluding carboxylic acids is 2. The lowest BCUT2D eigenvalue weighted by Gasteiger charge is -2.23. The molecule has 19 heavy (non-hydrogen) atoms. The van der Waals surface area contributed by atoms with Gasteiger partial charge in [-0.2, -0.15) is 0 Å². The zero-order valence-corrected chi connectivity index (χ0v) is 11.2. The van der Waals surface area contributed by atoms with Gasteiger partial charge in [-0.3, -0.25) is 9.59 Å². The van der Waals surface area contributed by atoms with Gasteiger partial charge in [-0.05, 0) is 31.9 Å². The van der Waals surface area contributed by atoms with Gasteiger partial charge in [0.25, 0.3) is 5.91 Å². The summed E-state index contributed by atoms with van der Waals surface area (Å²) in [5.74, 6) is -0.312. The van der Waals surface area contributed by atoms with Crippen molar-refractivity contribution in [1.82, 2.24) is 10.6 Å². The molecule has 0 spiro atoms. The van der Waals surface area contributed by atoms with Crippen LogP contribution in [0.4, 0.5) is 5.69 Å². The van der Waals surface area contributed by atoms with E-state index in [1.165, 1.54) is 0 Å². The molecule has 1 aliphatic heterocycles. The molecular weight excluding hydrogens is 242 g/mol. The van der Waals surface area contributed by atoms with Crippen LogP contribution in [-0.4, -0.2) is 31.4 Å². The average Bonchev–Trinajstić information content (AvgIpc) is 2.41. The predicted octanol–water partition coefficient (Wildman–Crippen LogP) is 1.05. The lowest BCUT2D eigenvalue weighted by molar-refractivity contribution is -0.124. The van der Waals surface area contributed by atoms with E-state index in [1.54, 1.807) is 7.05 Å². The molecule has 3 N–H and O–H groups in total. The minimum absolute atomic E-state index is 0.0988. The van der Waals surface area contributed by atoms with Gasteiger partial charge < -0.3 is 16.0 Å². The second-order valence-corrected chi connectivity index (χ2v) is 4.76. The van der Waals surface area contributed by atoms with Crippen LogP contribution in [0.15, 0.2) is 18.2 Å². The van der Waals surface area contributed by atoms with Crippen LogP contribution in [0.5, 0.6) is 0 Å². The van der Waals surface area contributed by atoms with Crippen LogP contribution in [0.3, 0.4) is 0 Å². The number of anilines is 1. The molecule has 0 radical (unpaired) electrons. The Bertz CT molecular complexity index is 499. The first kappa shape index (κ1) is 13.4. The van der Waals surface area contributed by atoms with Gasteiger partial charge in [0.15, 0.2) is 0 Å². The molecule has 0 bridgehead atoms. The largest absolute Gasteiger partial charge is 0.387 e. The van der Waals surface area contributed by atoms with Gasteiger partial charge in [0, 0.05) is 19.3 Å². The molecule has 1 saturated heterocycles. The fraction of sp³-hybridized carbons (Fsp3) is 0.429. The lowest BCUT2D eigenvalue weighted by atomic mass is 10.0. The van der Waals surface area contributed by atoms with E-state index in [2.05, 4.69) is 16.0 Å². The molecule has 102 valence electrons. The van der Waals surface area contributed by atoms with E-state index in [4.69, 9.17) is 0 Å². The molecule has 1 aromatic carbocycles. The molecule has 1 heterocycles. The second kappa shape index (κ2) is 5.73. The SMILES string of the molecule is CNc1ccc(C)cc1C(=O)NC1CCCNC1=O. The summed E-state index contributed by atoms with van der Waals surface area (Å²) in [5, 5.41) is 8.55. The molecule has 5 nitrogen and oxygen atoms in total. The Balaban J connectivity index is 2.15. The summed E-state index contributed by atoms with van der Waals surface area (Å²) in [6, 6.07) is 5.20. The van der Waals surface area contributed by atoms with E-state index in [-0.39, 0.29) is 11.8 Å². The molecule has 0 aliphatic carbocycles. The Kier molecular flexibility index (Phi) is 4.04. The normalized spacial score (nSPS) is 18.6. The number of hydrogen-bond donors (Lipinski definition) is 3. The van der Waals surface area contributed by atoms with Crippen molar-refractivity contribution in [3.05, 3.63) is 29.3 Å². The van der Waals surface area contributed by atoms with Crippen molar-refractivity contribution in [2.24, 2.45) is 0 Å². The van der Waals surface area contributed by atoms with E-state index in [1.807, 2.05) is 25.1 Å². The molecular formula is C14H19N3O2. The molecule has 5 heteroatoms. The molecule has 1 aromatic rings. The summed E-state index contributed by atoms with van der Waals surface area (Å²) in [6.07, 6.45) is 1.58. The Morgan fingerprint density at radius 3 is 2.89 bits per heavy atom. The minimum Gasteiger partial charge on any atom is -0.387 e. The lowest BCUT2D eigenvalue weighted by Crippen LogP contribution is -2.50. The van der Waals surface area contributed by atoms with Gasteiger partial charge in [0.05, 0.1) is 5.56 Å². The first-order valence-electron chi connectivity index (χ1n) is 6.49. The Morgan fingerprint density at radius 1 is 1.42 bits per heavy atom. The molecule has 1 fully saturated rings. The van der Waals surface area contributed by atoms with Gasteiger partial charge in [0.1, 0.15) is 6.04 Å². The van der Waals surface area contributed by atoms with Gasteiger partial charge in [-0.1, -0.05) is 11.6 Å². The quantitative estimate of drug-likeness (QED) is 0.761. The van der Waals surface area contributed by atoms with Gasteiger partial charge in [-0.25, -0.2) is 0 Å². The van der Waals surface area contributed by atoms with Crippen LogP contribution in [0.25, 0.3) is 0 Å². The van der Waals surface area contributed by atoms with Crippen molar-refractivity contribution in [3.63, 3.8) is 0 Å². The Hall–Kier alpha value is -2.04. The van der Waals surface area contributed by atoms with Crippen molar-refractivity contribution >= 4 is 17.5 Å². The highest BCUT2D eigenvalue weighted by Crippen LogP contribution is 2.17. The van der Waals surface area contributed by atoms with Crippen LogP contribution < -0.4 is 16.0 Å². The first-order chi connectivity index (χ1) is 9.11. The monoisotopic (exact) mass is 261 g/mol. The maximum Gasteiger partial charge on any atom is 0.254 e. The zero-order chi connectivity index (χ0) is 13.8. The number of nitrogens with one attached hydrogen (secondary N) is 3. The number of benzene rings is 1. The Labute approximate surface area is 112 Å². The summed E-state index contributed by atoms with van der Waals surface area (Å²) < 4.78 is 0. The topological polar surface area (TPSA) is 70.2 Å². The molecule has 0 aromatic heterocycles. The summed E-state index contributed by atoms with van der Waals surface area (Å²) in [5.41, 5.74) is 2.34. The van der Waals surface area contributed by atoms with E-state index in [9.17, 15) is 9.59 Å². The number of hydrogen-bond acceptors (Lipinski definition) is 3. The molecule has 1 unspecified atom stereocenters. The predicted molar refractivity (Wildman–Crippen MR) is 74.2 cm³/mol. The van der Waals surface area contributed by atoms with Crippen LogP contribution in [0.2, 0.25) is 0 Å². The maximum absolute atomic E-state index is 12.3. The number of amides is 2. The number of piperidine rings is 1. The molecule has 1 aliphatic rings. The first-order valence-corrected chi connectivity index (χ1v) is 6.49. The summed E-state index contributed by atoms with van der Waals surface area (Å²) in [7, 11) is 1.77. The summed E-state index contributed by atoms with van der Waals surface area (Å²) >= 11 is 0. The highest BCUT2D eigenvalue weighted by Gasteiger charge is 2.24. The van der Waals surface area contributed by atoms with Crippen molar-refractivity contribution in [3.8, 4) is 0 Å². The summed E-state index contributed by atoms with van der Waals surface area (Å²) in [4.78, 5) is 23.9. The standard InChI is InChI=1S/C14H19N3O2/c1-9-5-6-11(15-2)10(8-9)13(18)17-12-4-3-7-16-14(12)19/h5-6,8,12,15H,3-4,7H2,1-2H3,(H,16,19)(H,17,18). The van der Waals surface area contributed by atoms with Crippen LogP contribution in [-0.2, 0) is 4.79 Å². The minimum atomic E-state index is -0.425. The third-order valence-electron chi connectivity index (χ3n) is 3.28. The van der Waals surface area contributed by atoms with Crippen molar-refractivity contribution in [1.29, 1.82) is 0 Å².